The molecule has 2 aromatic rings. The average Bonchev–Trinajstić information content (AvgIpc) is 2.70. The second kappa shape index (κ2) is 6.45. The predicted molar refractivity (Wildman–Crippen MR) is 73.4 cm³/mol. The highest BCUT2D eigenvalue weighted by atomic mass is 35.5. The Morgan fingerprint density at radius 1 is 1.28 bits per heavy atom. The number of esters is 1. The number of halogens is 1. The van der Waals surface area contributed by atoms with Gasteiger partial charge in [0.1, 0.15) is 5.58 Å². The molecule has 0 aliphatic rings. The van der Waals surface area contributed by atoms with Crippen LogP contribution in [-0.2, 0) is 11.2 Å². The molecule has 0 bridgehead atoms. The minimum atomic E-state index is -0.368. The molecule has 0 saturated heterocycles. The zero-order valence-corrected chi connectivity index (χ0v) is 11.4. The van der Waals surface area contributed by atoms with Crippen LogP contribution >= 0.6 is 12.4 Å². The fraction of sp³-hybridized carbons (Fsp3) is 0.357. The third kappa shape index (κ3) is 2.67. The van der Waals surface area contributed by atoms with E-state index >= 15 is 0 Å². The van der Waals surface area contributed by atoms with Crippen LogP contribution in [0.15, 0.2) is 28.7 Å². The van der Waals surface area contributed by atoms with Crippen molar-refractivity contribution in [3.8, 4) is 0 Å². The zero-order chi connectivity index (χ0) is 12.3. The molecule has 1 aromatic carbocycles. The molecule has 3 nitrogen and oxygen atoms in total. The normalized spacial score (nSPS) is 10.1. The number of fused-ring (bicyclic) bond motifs is 1. The number of hydrogen-bond acceptors (Lipinski definition) is 3. The van der Waals surface area contributed by atoms with Gasteiger partial charge in [-0.25, -0.2) is 4.79 Å². The molecule has 0 amide bonds. The Kier molecular flexibility index (Phi) is 5.23. The Bertz CT molecular complexity index is 531. The molecule has 0 unspecified atom stereocenters. The Hall–Kier alpha value is -1.48. The predicted octanol–water partition coefficient (Wildman–Crippen LogP) is 3.98. The van der Waals surface area contributed by atoms with Crippen LogP contribution in [0, 0.1) is 0 Å². The first-order chi connectivity index (χ1) is 8.27. The van der Waals surface area contributed by atoms with E-state index in [0.29, 0.717) is 12.4 Å². The standard InChI is InChI=1S/C14H16O3.ClH/c1-3-7-11-10-8-5-6-9-12(10)17-13(11)14(15)16-4-2;/h5-6,8-9H,3-4,7H2,1-2H3;1H. The summed E-state index contributed by atoms with van der Waals surface area (Å²) in [4.78, 5) is 11.8. The number of benzene rings is 1. The van der Waals surface area contributed by atoms with Crippen LogP contribution in [0.2, 0.25) is 0 Å². The quantitative estimate of drug-likeness (QED) is 0.787. The van der Waals surface area contributed by atoms with Crippen LogP contribution in [0.25, 0.3) is 11.0 Å². The highest BCUT2D eigenvalue weighted by Gasteiger charge is 2.20. The molecule has 0 aliphatic carbocycles. The Morgan fingerprint density at radius 3 is 2.67 bits per heavy atom. The maximum atomic E-state index is 11.8. The summed E-state index contributed by atoms with van der Waals surface area (Å²) in [5, 5.41) is 1.01. The molecule has 2 rings (SSSR count). The second-order valence-corrected chi connectivity index (χ2v) is 3.88. The van der Waals surface area contributed by atoms with E-state index in [1.165, 1.54) is 0 Å². The zero-order valence-electron chi connectivity index (χ0n) is 10.6. The van der Waals surface area contributed by atoms with Crippen molar-refractivity contribution >= 4 is 29.3 Å². The first-order valence-corrected chi connectivity index (χ1v) is 5.95. The minimum Gasteiger partial charge on any atom is -0.460 e. The van der Waals surface area contributed by atoms with Crippen LogP contribution < -0.4 is 0 Å². The van der Waals surface area contributed by atoms with Gasteiger partial charge in [-0.15, -0.1) is 12.4 Å². The van der Waals surface area contributed by atoms with Gasteiger partial charge in [-0.2, -0.15) is 0 Å². The maximum Gasteiger partial charge on any atom is 0.374 e. The van der Waals surface area contributed by atoms with Crippen LogP contribution in [0.4, 0.5) is 0 Å². The smallest absolute Gasteiger partial charge is 0.374 e. The number of rotatable bonds is 4. The topological polar surface area (TPSA) is 39.4 Å². The molecule has 0 fully saturated rings. The van der Waals surface area contributed by atoms with E-state index in [1.54, 1.807) is 6.92 Å². The van der Waals surface area contributed by atoms with E-state index in [0.717, 1.165) is 29.4 Å². The van der Waals surface area contributed by atoms with Gasteiger partial charge in [-0.1, -0.05) is 31.5 Å². The summed E-state index contributed by atoms with van der Waals surface area (Å²) in [7, 11) is 0. The Balaban J connectivity index is 0.00000162. The number of carbonyl (C=O) groups is 1. The molecule has 98 valence electrons. The van der Waals surface area contributed by atoms with E-state index in [1.807, 2.05) is 24.3 Å². The van der Waals surface area contributed by atoms with Crippen molar-refractivity contribution in [3.05, 3.63) is 35.6 Å². The first-order valence-electron chi connectivity index (χ1n) is 5.95. The van der Waals surface area contributed by atoms with Crippen LogP contribution in [-0.4, -0.2) is 12.6 Å². The summed E-state index contributed by atoms with van der Waals surface area (Å²) in [6.07, 6.45) is 1.79. The molecule has 0 N–H and O–H groups in total. The van der Waals surface area contributed by atoms with E-state index in [9.17, 15) is 4.79 Å². The van der Waals surface area contributed by atoms with E-state index < -0.39 is 0 Å². The summed E-state index contributed by atoms with van der Waals surface area (Å²) in [5.74, 6) is -0.0120. The van der Waals surface area contributed by atoms with Gasteiger partial charge < -0.3 is 9.15 Å². The van der Waals surface area contributed by atoms with Crippen molar-refractivity contribution in [1.29, 1.82) is 0 Å². The van der Waals surface area contributed by atoms with Crippen molar-refractivity contribution in [3.63, 3.8) is 0 Å². The third-order valence-corrected chi connectivity index (χ3v) is 2.66. The fourth-order valence-electron chi connectivity index (χ4n) is 1.96. The highest BCUT2D eigenvalue weighted by Crippen LogP contribution is 2.27. The van der Waals surface area contributed by atoms with Crippen molar-refractivity contribution in [2.24, 2.45) is 0 Å². The van der Waals surface area contributed by atoms with Gasteiger partial charge in [0.25, 0.3) is 0 Å². The SMILES string of the molecule is CCCc1c(C(=O)OCC)oc2ccccc12.Cl. The van der Waals surface area contributed by atoms with Crippen molar-refractivity contribution in [1.82, 2.24) is 0 Å². The summed E-state index contributed by atoms with van der Waals surface area (Å²) >= 11 is 0. The molecule has 0 atom stereocenters. The molecule has 18 heavy (non-hydrogen) atoms. The third-order valence-electron chi connectivity index (χ3n) is 2.66. The van der Waals surface area contributed by atoms with Gasteiger partial charge in [0.2, 0.25) is 5.76 Å². The maximum absolute atomic E-state index is 11.8. The van der Waals surface area contributed by atoms with Gasteiger partial charge in [-0.05, 0) is 19.4 Å². The lowest BCUT2D eigenvalue weighted by molar-refractivity contribution is 0.0491. The first kappa shape index (κ1) is 14.6. The number of carbonyl (C=O) groups excluding carboxylic acids is 1. The van der Waals surface area contributed by atoms with Crippen molar-refractivity contribution in [2.45, 2.75) is 26.7 Å². The number of para-hydroxylation sites is 1. The lowest BCUT2D eigenvalue weighted by Crippen LogP contribution is -2.06. The second-order valence-electron chi connectivity index (χ2n) is 3.88. The van der Waals surface area contributed by atoms with Gasteiger partial charge in [0, 0.05) is 10.9 Å². The number of furan rings is 1. The largest absolute Gasteiger partial charge is 0.460 e. The van der Waals surface area contributed by atoms with E-state index in [-0.39, 0.29) is 18.4 Å². The fourth-order valence-corrected chi connectivity index (χ4v) is 1.96. The lowest BCUT2D eigenvalue weighted by Gasteiger charge is -2.01. The van der Waals surface area contributed by atoms with Crippen molar-refractivity contribution in [2.75, 3.05) is 6.61 Å². The summed E-state index contributed by atoms with van der Waals surface area (Å²) in [5.41, 5.74) is 1.71. The van der Waals surface area contributed by atoms with E-state index in [2.05, 4.69) is 6.92 Å². The van der Waals surface area contributed by atoms with Crippen molar-refractivity contribution < 1.29 is 13.9 Å². The highest BCUT2D eigenvalue weighted by molar-refractivity contribution is 5.96. The minimum absolute atomic E-state index is 0. The Morgan fingerprint density at radius 2 is 2.00 bits per heavy atom. The van der Waals surface area contributed by atoms with Gasteiger partial charge in [-0.3, -0.25) is 0 Å². The van der Waals surface area contributed by atoms with Gasteiger partial charge >= 0.3 is 5.97 Å². The number of hydrogen-bond donors (Lipinski definition) is 0. The van der Waals surface area contributed by atoms with Gasteiger partial charge in [0.05, 0.1) is 6.61 Å². The lowest BCUT2D eigenvalue weighted by atomic mass is 10.1. The average molecular weight is 269 g/mol. The molecular weight excluding hydrogens is 252 g/mol. The van der Waals surface area contributed by atoms with Crippen LogP contribution in [0.3, 0.4) is 0 Å². The molecule has 0 radical (unpaired) electrons. The number of aryl methyl sites for hydroxylation is 1. The molecule has 0 aliphatic heterocycles. The molecule has 4 heteroatoms. The summed E-state index contributed by atoms with van der Waals surface area (Å²) in [6, 6.07) is 7.70. The monoisotopic (exact) mass is 268 g/mol. The van der Waals surface area contributed by atoms with Crippen LogP contribution in [0.5, 0.6) is 0 Å². The molecular formula is C14H17ClO3. The molecule has 0 spiro atoms. The molecule has 0 saturated carbocycles. The summed E-state index contributed by atoms with van der Waals surface area (Å²) < 4.78 is 10.6. The number of ether oxygens (including phenoxy) is 1. The Labute approximate surface area is 113 Å². The van der Waals surface area contributed by atoms with E-state index in [4.69, 9.17) is 9.15 Å². The van der Waals surface area contributed by atoms with Crippen LogP contribution in [0.1, 0.15) is 36.4 Å². The molecule has 1 heterocycles. The molecule has 1 aromatic heterocycles. The van der Waals surface area contributed by atoms with Gasteiger partial charge in [0.15, 0.2) is 0 Å². The summed E-state index contributed by atoms with van der Waals surface area (Å²) in [6.45, 7) is 4.23.